The van der Waals surface area contributed by atoms with Crippen LogP contribution in [0.4, 0.5) is 5.69 Å². The summed E-state index contributed by atoms with van der Waals surface area (Å²) in [5.41, 5.74) is 1.99. The van der Waals surface area contributed by atoms with Crippen LogP contribution in [0.15, 0.2) is 29.3 Å². The van der Waals surface area contributed by atoms with Gasteiger partial charge in [-0.15, -0.1) is 0 Å². The van der Waals surface area contributed by atoms with Crippen LogP contribution in [-0.4, -0.2) is 40.4 Å². The summed E-state index contributed by atoms with van der Waals surface area (Å²) in [4.78, 5) is 12.2. The van der Waals surface area contributed by atoms with Crippen LogP contribution in [0, 0.1) is 34.5 Å². The first-order chi connectivity index (χ1) is 17.1. The van der Waals surface area contributed by atoms with Crippen molar-refractivity contribution >= 4 is 28.7 Å². The molecule has 2 saturated heterocycles. The largest absolute Gasteiger partial charge is 0.293 e. The summed E-state index contributed by atoms with van der Waals surface area (Å²) in [7, 11) is 0. The van der Waals surface area contributed by atoms with E-state index in [2.05, 4.69) is 28.0 Å². The number of hydrogen-bond donors (Lipinski definition) is 0. The van der Waals surface area contributed by atoms with Crippen LogP contribution in [0.1, 0.15) is 89.0 Å². The van der Waals surface area contributed by atoms with E-state index in [1.807, 2.05) is 12.1 Å². The molecule has 2 aliphatic heterocycles. The summed E-state index contributed by atoms with van der Waals surface area (Å²) < 4.78 is 0. The standard InChI is InChI=1S/C30H38N4S/c31-20-21-6-8-25(9-7-21)34-27(32-29-17-22-14-23(18-29)16-24(15-22)19-29)26(33-12-4-5-13-33)30(28(34)35)10-2-1-3-11-30/h6-9,22-24,26H,1-5,10-19H2/t22?,23?,24?,26-,29?/m0/s1. The van der Waals surface area contributed by atoms with Crippen molar-refractivity contribution in [3.05, 3.63) is 29.8 Å². The Morgan fingerprint density at radius 2 is 1.46 bits per heavy atom. The number of benzene rings is 1. The molecular formula is C30H38N4S. The van der Waals surface area contributed by atoms with Gasteiger partial charge in [0.25, 0.3) is 0 Å². The van der Waals surface area contributed by atoms with Crippen LogP contribution in [0.2, 0.25) is 0 Å². The zero-order chi connectivity index (χ0) is 23.6. The van der Waals surface area contributed by atoms with Crippen molar-refractivity contribution in [3.8, 4) is 6.07 Å². The van der Waals surface area contributed by atoms with Crippen molar-refractivity contribution in [3.63, 3.8) is 0 Å². The van der Waals surface area contributed by atoms with Crippen molar-refractivity contribution in [1.29, 1.82) is 5.26 Å². The van der Waals surface area contributed by atoms with Crippen molar-refractivity contribution in [2.75, 3.05) is 18.0 Å². The predicted molar refractivity (Wildman–Crippen MR) is 145 cm³/mol. The van der Waals surface area contributed by atoms with E-state index in [1.54, 1.807) is 0 Å². The van der Waals surface area contributed by atoms with E-state index in [0.717, 1.165) is 28.4 Å². The molecule has 35 heavy (non-hydrogen) atoms. The van der Waals surface area contributed by atoms with Gasteiger partial charge in [0.1, 0.15) is 5.84 Å². The maximum absolute atomic E-state index is 9.40. The van der Waals surface area contributed by atoms with Gasteiger partial charge in [-0.3, -0.25) is 14.8 Å². The second-order valence-corrected chi connectivity index (χ2v) is 13.2. The second kappa shape index (κ2) is 8.38. The summed E-state index contributed by atoms with van der Waals surface area (Å²) in [6.45, 7) is 2.35. The number of thiocarbonyl (C=S) groups is 1. The number of anilines is 1. The Labute approximate surface area is 215 Å². The molecule has 5 saturated carbocycles. The van der Waals surface area contributed by atoms with Gasteiger partial charge >= 0.3 is 0 Å². The monoisotopic (exact) mass is 486 g/mol. The van der Waals surface area contributed by atoms with Crippen molar-refractivity contribution in [1.82, 2.24) is 4.90 Å². The van der Waals surface area contributed by atoms with Gasteiger partial charge in [0.2, 0.25) is 0 Å². The highest BCUT2D eigenvalue weighted by molar-refractivity contribution is 7.80. The Balaban J connectivity index is 1.38. The average molecular weight is 487 g/mol. The smallest absolute Gasteiger partial charge is 0.127 e. The van der Waals surface area contributed by atoms with E-state index < -0.39 is 0 Å². The fourth-order valence-corrected chi connectivity index (χ4v) is 10.0. The average Bonchev–Trinajstić information content (AvgIpc) is 3.44. The molecule has 1 aromatic carbocycles. The first-order valence-electron chi connectivity index (χ1n) is 14.3. The zero-order valence-electron chi connectivity index (χ0n) is 20.9. The SMILES string of the molecule is N#Cc1ccc(N2C(=S)C3(CCCCC3)[C@@H](N3CCCC3)C2=NC23CC4CC(CC(C4)C2)C3)cc1. The summed E-state index contributed by atoms with van der Waals surface area (Å²) in [6, 6.07) is 10.8. The molecule has 7 aliphatic rings. The lowest BCUT2D eigenvalue weighted by Gasteiger charge is -2.55. The summed E-state index contributed by atoms with van der Waals surface area (Å²) in [6.07, 6.45) is 17.1. The summed E-state index contributed by atoms with van der Waals surface area (Å²) in [5, 5.41) is 9.40. The van der Waals surface area contributed by atoms with E-state index in [-0.39, 0.29) is 11.0 Å². The quantitative estimate of drug-likeness (QED) is 0.458. The molecule has 0 amide bonds. The van der Waals surface area contributed by atoms with Gasteiger partial charge in [0.05, 0.1) is 28.2 Å². The summed E-state index contributed by atoms with van der Waals surface area (Å²) in [5.74, 6) is 3.93. The number of amidine groups is 1. The van der Waals surface area contributed by atoms with Crippen LogP contribution in [-0.2, 0) is 0 Å². The van der Waals surface area contributed by atoms with E-state index in [0.29, 0.717) is 11.6 Å². The number of rotatable bonds is 3. The number of aliphatic imine (C=N–C) groups is 1. The third kappa shape index (κ3) is 3.54. The first-order valence-corrected chi connectivity index (χ1v) is 14.7. The van der Waals surface area contributed by atoms with Crippen LogP contribution in [0.25, 0.3) is 0 Å². The van der Waals surface area contributed by atoms with Crippen molar-refractivity contribution in [2.24, 2.45) is 28.2 Å². The Morgan fingerprint density at radius 3 is 2.03 bits per heavy atom. The highest BCUT2D eigenvalue weighted by Crippen LogP contribution is 2.58. The van der Waals surface area contributed by atoms with Gasteiger partial charge in [0.15, 0.2) is 0 Å². The molecule has 2 heterocycles. The second-order valence-electron chi connectivity index (χ2n) is 12.8. The topological polar surface area (TPSA) is 42.6 Å². The third-order valence-corrected chi connectivity index (χ3v) is 11.1. The molecule has 1 spiro atoms. The molecule has 4 nitrogen and oxygen atoms in total. The highest BCUT2D eigenvalue weighted by Gasteiger charge is 2.59. The molecule has 5 heteroatoms. The predicted octanol–water partition coefficient (Wildman–Crippen LogP) is 6.49. The summed E-state index contributed by atoms with van der Waals surface area (Å²) >= 11 is 6.47. The molecule has 0 radical (unpaired) electrons. The molecule has 4 bridgehead atoms. The highest BCUT2D eigenvalue weighted by atomic mass is 32.1. The maximum Gasteiger partial charge on any atom is 0.127 e. The number of nitriles is 1. The molecular weight excluding hydrogens is 448 g/mol. The number of hydrogen-bond acceptors (Lipinski definition) is 4. The van der Waals surface area contributed by atoms with E-state index in [9.17, 15) is 5.26 Å². The van der Waals surface area contributed by atoms with Gasteiger partial charge < -0.3 is 0 Å². The molecule has 184 valence electrons. The molecule has 8 rings (SSSR count). The van der Waals surface area contributed by atoms with Gasteiger partial charge in [-0.1, -0.05) is 31.5 Å². The van der Waals surface area contributed by atoms with E-state index in [1.165, 1.54) is 102 Å². The van der Waals surface area contributed by atoms with Crippen LogP contribution >= 0.6 is 12.2 Å². The lowest BCUT2D eigenvalue weighted by atomic mass is 9.53. The number of nitrogens with zero attached hydrogens (tertiary/aromatic N) is 4. The molecule has 7 fully saturated rings. The Kier molecular flexibility index (Phi) is 5.37. The third-order valence-electron chi connectivity index (χ3n) is 10.5. The molecule has 1 atom stereocenters. The fraction of sp³-hybridized carbons (Fsp3) is 0.700. The lowest BCUT2D eigenvalue weighted by Crippen LogP contribution is -2.53. The normalized spacial score (nSPS) is 39.1. The Hall–Kier alpha value is -1.77. The van der Waals surface area contributed by atoms with Crippen molar-refractivity contribution < 1.29 is 0 Å². The maximum atomic E-state index is 9.40. The molecule has 1 aromatic rings. The van der Waals surface area contributed by atoms with Crippen LogP contribution in [0.3, 0.4) is 0 Å². The van der Waals surface area contributed by atoms with Gasteiger partial charge in [-0.2, -0.15) is 5.26 Å². The zero-order valence-corrected chi connectivity index (χ0v) is 21.7. The van der Waals surface area contributed by atoms with E-state index >= 15 is 0 Å². The van der Waals surface area contributed by atoms with Crippen LogP contribution < -0.4 is 4.90 Å². The molecule has 0 N–H and O–H groups in total. The minimum atomic E-state index is 0.0347. The van der Waals surface area contributed by atoms with Gasteiger partial charge in [-0.05, 0) is 119 Å². The fourth-order valence-electron chi connectivity index (χ4n) is 9.49. The molecule has 0 aromatic heterocycles. The minimum absolute atomic E-state index is 0.0347. The van der Waals surface area contributed by atoms with Gasteiger partial charge in [-0.25, -0.2) is 0 Å². The van der Waals surface area contributed by atoms with Crippen molar-refractivity contribution in [2.45, 2.75) is 95.1 Å². The minimum Gasteiger partial charge on any atom is -0.293 e. The number of likely N-dealkylation sites (tertiary alicyclic amines) is 1. The Morgan fingerprint density at radius 1 is 0.857 bits per heavy atom. The van der Waals surface area contributed by atoms with E-state index in [4.69, 9.17) is 17.2 Å². The Bertz CT molecular complexity index is 1040. The first kappa shape index (κ1) is 22.4. The molecule has 0 unspecified atom stereocenters. The lowest BCUT2D eigenvalue weighted by molar-refractivity contribution is 0.00113. The van der Waals surface area contributed by atoms with Crippen LogP contribution in [0.5, 0.6) is 0 Å². The molecule has 5 aliphatic carbocycles. The van der Waals surface area contributed by atoms with Gasteiger partial charge in [0, 0.05) is 11.1 Å².